The van der Waals surface area contributed by atoms with E-state index in [1.165, 1.54) is 19.3 Å². The number of carbonyl (C=O) groups excluding carboxylic acids is 1. The molecule has 0 aromatic carbocycles. The quantitative estimate of drug-likeness (QED) is 0.838. The van der Waals surface area contributed by atoms with Gasteiger partial charge in [-0.3, -0.25) is 4.79 Å². The summed E-state index contributed by atoms with van der Waals surface area (Å²) in [5.74, 6) is 1.88. The first-order valence-corrected chi connectivity index (χ1v) is 7.58. The molecule has 1 unspecified atom stereocenters. The van der Waals surface area contributed by atoms with E-state index in [4.69, 9.17) is 5.73 Å². The summed E-state index contributed by atoms with van der Waals surface area (Å²) in [4.78, 5) is 14.7. The van der Waals surface area contributed by atoms with Crippen LogP contribution in [0.5, 0.6) is 0 Å². The third-order valence-electron chi connectivity index (χ3n) is 5.16. The Kier molecular flexibility index (Phi) is 4.31. The van der Waals surface area contributed by atoms with Crippen molar-refractivity contribution in [2.75, 3.05) is 19.6 Å². The Morgan fingerprint density at radius 3 is 2.50 bits per heavy atom. The van der Waals surface area contributed by atoms with Gasteiger partial charge in [-0.2, -0.15) is 0 Å². The summed E-state index contributed by atoms with van der Waals surface area (Å²) in [5, 5.41) is 0. The summed E-state index contributed by atoms with van der Waals surface area (Å²) in [7, 11) is 0. The fraction of sp³-hybridized carbons (Fsp3) is 0.933. The van der Waals surface area contributed by atoms with Gasteiger partial charge in [0, 0.05) is 19.6 Å². The second-order valence-corrected chi connectivity index (χ2v) is 6.57. The molecule has 0 radical (unpaired) electrons. The summed E-state index contributed by atoms with van der Waals surface area (Å²) in [6.45, 7) is 7.04. The van der Waals surface area contributed by atoms with Crippen molar-refractivity contribution in [3.8, 4) is 0 Å². The van der Waals surface area contributed by atoms with Crippen LogP contribution in [0.1, 0.15) is 52.4 Å². The largest absolute Gasteiger partial charge is 0.342 e. The third-order valence-corrected chi connectivity index (χ3v) is 5.16. The SMILES string of the molecule is CC(C)C1CCCN(C(=O)C2(CN)CCC2)CC1. The molecule has 1 saturated heterocycles. The van der Waals surface area contributed by atoms with Crippen LogP contribution in [-0.2, 0) is 4.79 Å². The molecule has 0 aromatic rings. The van der Waals surface area contributed by atoms with Gasteiger partial charge in [0.15, 0.2) is 0 Å². The van der Waals surface area contributed by atoms with Crippen LogP contribution in [0.4, 0.5) is 0 Å². The topological polar surface area (TPSA) is 46.3 Å². The Morgan fingerprint density at radius 1 is 1.28 bits per heavy atom. The van der Waals surface area contributed by atoms with Crippen LogP contribution in [0.3, 0.4) is 0 Å². The van der Waals surface area contributed by atoms with Crippen LogP contribution in [0.25, 0.3) is 0 Å². The van der Waals surface area contributed by atoms with Crippen LogP contribution in [-0.4, -0.2) is 30.4 Å². The van der Waals surface area contributed by atoms with Crippen LogP contribution < -0.4 is 5.73 Å². The Hall–Kier alpha value is -0.570. The van der Waals surface area contributed by atoms with Gasteiger partial charge in [0.05, 0.1) is 5.41 Å². The highest BCUT2D eigenvalue weighted by Gasteiger charge is 2.45. The third kappa shape index (κ3) is 2.56. The molecule has 2 N–H and O–H groups in total. The van der Waals surface area contributed by atoms with Gasteiger partial charge in [-0.25, -0.2) is 0 Å². The lowest BCUT2D eigenvalue weighted by molar-refractivity contribution is -0.146. The molecule has 2 aliphatic rings. The van der Waals surface area contributed by atoms with Crippen LogP contribution in [0.2, 0.25) is 0 Å². The zero-order valence-electron chi connectivity index (χ0n) is 12.0. The molecule has 1 heterocycles. The molecule has 1 aliphatic heterocycles. The fourth-order valence-corrected chi connectivity index (χ4v) is 3.44. The predicted octanol–water partition coefficient (Wildman–Crippen LogP) is 2.40. The van der Waals surface area contributed by atoms with E-state index in [0.717, 1.165) is 44.2 Å². The Balaban J connectivity index is 1.95. The van der Waals surface area contributed by atoms with Crippen molar-refractivity contribution in [1.29, 1.82) is 0 Å². The average molecular weight is 252 g/mol. The van der Waals surface area contributed by atoms with Gasteiger partial charge in [0.1, 0.15) is 0 Å². The van der Waals surface area contributed by atoms with Crippen molar-refractivity contribution in [2.45, 2.75) is 52.4 Å². The highest BCUT2D eigenvalue weighted by molar-refractivity contribution is 5.84. The fourth-order valence-electron chi connectivity index (χ4n) is 3.44. The lowest BCUT2D eigenvalue weighted by Crippen LogP contribution is -2.52. The van der Waals surface area contributed by atoms with Crippen molar-refractivity contribution in [1.82, 2.24) is 4.90 Å². The van der Waals surface area contributed by atoms with Crippen LogP contribution in [0.15, 0.2) is 0 Å². The molecule has 1 saturated carbocycles. The minimum atomic E-state index is -0.183. The van der Waals surface area contributed by atoms with E-state index in [9.17, 15) is 4.79 Å². The number of nitrogens with zero attached hydrogens (tertiary/aromatic N) is 1. The molecular formula is C15H28N2O. The summed E-state index contributed by atoms with van der Waals surface area (Å²) in [6.07, 6.45) is 6.79. The monoisotopic (exact) mass is 252 g/mol. The van der Waals surface area contributed by atoms with E-state index in [1.54, 1.807) is 0 Å². The van der Waals surface area contributed by atoms with Crippen molar-refractivity contribution in [2.24, 2.45) is 23.0 Å². The van der Waals surface area contributed by atoms with Crippen LogP contribution in [0, 0.1) is 17.3 Å². The molecule has 0 aromatic heterocycles. The van der Waals surface area contributed by atoms with Gasteiger partial charge in [0.2, 0.25) is 5.91 Å². The molecule has 3 nitrogen and oxygen atoms in total. The molecule has 3 heteroatoms. The number of likely N-dealkylation sites (tertiary alicyclic amines) is 1. The Morgan fingerprint density at radius 2 is 2.00 bits per heavy atom. The molecule has 0 spiro atoms. The first-order chi connectivity index (χ1) is 8.59. The normalized spacial score (nSPS) is 27.8. The number of rotatable bonds is 3. The minimum absolute atomic E-state index is 0.183. The van der Waals surface area contributed by atoms with Crippen LogP contribution >= 0.6 is 0 Å². The number of hydrogen-bond acceptors (Lipinski definition) is 2. The zero-order valence-corrected chi connectivity index (χ0v) is 12.0. The predicted molar refractivity (Wildman–Crippen MR) is 74.1 cm³/mol. The highest BCUT2D eigenvalue weighted by Crippen LogP contribution is 2.42. The van der Waals surface area contributed by atoms with Gasteiger partial charge in [-0.15, -0.1) is 0 Å². The Bertz CT molecular complexity index is 291. The molecule has 2 fully saturated rings. The maximum atomic E-state index is 12.6. The van der Waals surface area contributed by atoms with E-state index in [1.807, 2.05) is 0 Å². The van der Waals surface area contributed by atoms with E-state index in [-0.39, 0.29) is 5.41 Å². The summed E-state index contributed by atoms with van der Waals surface area (Å²) in [6, 6.07) is 0. The van der Waals surface area contributed by atoms with E-state index in [0.29, 0.717) is 12.5 Å². The first kappa shape index (κ1) is 13.9. The number of carbonyl (C=O) groups is 1. The molecule has 1 atom stereocenters. The number of amides is 1. The first-order valence-electron chi connectivity index (χ1n) is 7.58. The second kappa shape index (κ2) is 5.60. The number of nitrogens with two attached hydrogens (primary N) is 1. The lowest BCUT2D eigenvalue weighted by Gasteiger charge is -2.42. The van der Waals surface area contributed by atoms with Gasteiger partial charge in [0.25, 0.3) is 0 Å². The smallest absolute Gasteiger partial charge is 0.230 e. The molecule has 0 bridgehead atoms. The van der Waals surface area contributed by atoms with Crippen molar-refractivity contribution >= 4 is 5.91 Å². The van der Waals surface area contributed by atoms with Gasteiger partial charge >= 0.3 is 0 Å². The Labute approximate surface area is 111 Å². The van der Waals surface area contributed by atoms with Crippen molar-refractivity contribution < 1.29 is 4.79 Å². The molecule has 2 rings (SSSR count). The maximum Gasteiger partial charge on any atom is 0.230 e. The molecule has 1 amide bonds. The second-order valence-electron chi connectivity index (χ2n) is 6.57. The molecular weight excluding hydrogens is 224 g/mol. The van der Waals surface area contributed by atoms with Gasteiger partial charge in [-0.05, 0) is 43.9 Å². The summed E-state index contributed by atoms with van der Waals surface area (Å²) < 4.78 is 0. The average Bonchev–Trinajstić information content (AvgIpc) is 2.53. The maximum absolute atomic E-state index is 12.6. The molecule has 1 aliphatic carbocycles. The molecule has 104 valence electrons. The lowest BCUT2D eigenvalue weighted by atomic mass is 9.68. The van der Waals surface area contributed by atoms with Gasteiger partial charge < -0.3 is 10.6 Å². The van der Waals surface area contributed by atoms with Crippen molar-refractivity contribution in [3.05, 3.63) is 0 Å². The van der Waals surface area contributed by atoms with Gasteiger partial charge in [-0.1, -0.05) is 20.3 Å². The highest BCUT2D eigenvalue weighted by atomic mass is 16.2. The number of hydrogen-bond donors (Lipinski definition) is 1. The van der Waals surface area contributed by atoms with E-state index in [2.05, 4.69) is 18.7 Å². The van der Waals surface area contributed by atoms with E-state index >= 15 is 0 Å². The molecule has 18 heavy (non-hydrogen) atoms. The minimum Gasteiger partial charge on any atom is -0.342 e. The standard InChI is InChI=1S/C15H28N2O/c1-12(2)13-5-3-9-17(10-6-13)14(18)15(11-16)7-4-8-15/h12-13H,3-11,16H2,1-2H3. The summed E-state index contributed by atoms with van der Waals surface area (Å²) >= 11 is 0. The zero-order chi connectivity index (χ0) is 13.2. The van der Waals surface area contributed by atoms with E-state index < -0.39 is 0 Å². The summed E-state index contributed by atoms with van der Waals surface area (Å²) in [5.41, 5.74) is 5.66. The van der Waals surface area contributed by atoms with Crippen molar-refractivity contribution in [3.63, 3.8) is 0 Å².